The first-order valence-electron chi connectivity index (χ1n) is 4.63. The molecule has 2 rings (SSSR count). The Labute approximate surface area is 82.3 Å². The fourth-order valence-electron chi connectivity index (χ4n) is 1.47. The molecule has 0 spiro atoms. The van der Waals surface area contributed by atoms with Crippen LogP contribution >= 0.6 is 0 Å². The molecule has 14 heavy (non-hydrogen) atoms. The quantitative estimate of drug-likeness (QED) is 0.574. The number of benzene rings is 1. The summed E-state index contributed by atoms with van der Waals surface area (Å²) in [6.45, 7) is 1.63. The number of carbonyl (C=O) groups is 1. The summed E-state index contributed by atoms with van der Waals surface area (Å²) in [5.41, 5.74) is 0.639. The highest BCUT2D eigenvalue weighted by atomic mass is 16.6. The van der Waals surface area contributed by atoms with Crippen molar-refractivity contribution in [3.63, 3.8) is 0 Å². The zero-order valence-corrected chi connectivity index (χ0v) is 7.88. The van der Waals surface area contributed by atoms with Crippen molar-refractivity contribution in [2.24, 2.45) is 0 Å². The van der Waals surface area contributed by atoms with Crippen molar-refractivity contribution < 1.29 is 14.6 Å². The number of aliphatic hydroxyl groups is 1. The van der Waals surface area contributed by atoms with E-state index in [2.05, 4.69) is 0 Å². The van der Waals surface area contributed by atoms with Crippen LogP contribution in [0.3, 0.4) is 0 Å². The Balaban J connectivity index is 2.05. The third kappa shape index (κ3) is 1.69. The molecule has 1 aromatic carbocycles. The van der Waals surface area contributed by atoms with Gasteiger partial charge in [-0.25, -0.2) is 0 Å². The highest BCUT2D eigenvalue weighted by Crippen LogP contribution is 2.28. The maximum Gasteiger partial charge on any atom is 0.194 e. The van der Waals surface area contributed by atoms with E-state index in [1.165, 1.54) is 0 Å². The lowest BCUT2D eigenvalue weighted by atomic mass is 10.1. The molecular weight excluding hydrogens is 180 g/mol. The largest absolute Gasteiger partial charge is 0.391 e. The number of hydrogen-bond acceptors (Lipinski definition) is 3. The molecule has 74 valence electrons. The van der Waals surface area contributed by atoms with Gasteiger partial charge in [0.1, 0.15) is 12.2 Å². The van der Waals surface area contributed by atoms with Gasteiger partial charge in [0.15, 0.2) is 5.78 Å². The lowest BCUT2D eigenvalue weighted by Crippen LogP contribution is -2.17. The van der Waals surface area contributed by atoms with Crippen molar-refractivity contribution in [3.05, 3.63) is 35.9 Å². The van der Waals surface area contributed by atoms with Gasteiger partial charge in [-0.2, -0.15) is 0 Å². The zero-order chi connectivity index (χ0) is 10.1. The van der Waals surface area contributed by atoms with Gasteiger partial charge < -0.3 is 9.84 Å². The number of ketones is 1. The summed E-state index contributed by atoms with van der Waals surface area (Å²) >= 11 is 0. The molecule has 1 saturated heterocycles. The van der Waals surface area contributed by atoms with E-state index in [-0.39, 0.29) is 11.9 Å². The Bertz CT molecular complexity index is 332. The van der Waals surface area contributed by atoms with Crippen molar-refractivity contribution in [1.29, 1.82) is 0 Å². The summed E-state index contributed by atoms with van der Waals surface area (Å²) in [6, 6.07) is 8.99. The van der Waals surface area contributed by atoms with E-state index < -0.39 is 12.2 Å². The van der Waals surface area contributed by atoms with Crippen LogP contribution in [0.5, 0.6) is 0 Å². The number of hydrogen-bond donors (Lipinski definition) is 1. The number of aliphatic hydroxyl groups excluding tert-OH is 1. The number of ether oxygens (including phenoxy) is 1. The van der Waals surface area contributed by atoms with Crippen LogP contribution in [0.4, 0.5) is 0 Å². The minimum atomic E-state index is -0.576. The predicted octanol–water partition coefficient (Wildman–Crippen LogP) is 1.02. The number of Topliss-reactive ketones (excluding diaryl/α,β-unsaturated/α-hetero) is 1. The number of epoxide rings is 1. The van der Waals surface area contributed by atoms with E-state index in [1.807, 2.05) is 18.2 Å². The molecule has 3 atom stereocenters. The van der Waals surface area contributed by atoms with Crippen molar-refractivity contribution in [2.75, 3.05) is 0 Å². The van der Waals surface area contributed by atoms with E-state index in [1.54, 1.807) is 19.1 Å². The molecule has 1 aromatic rings. The smallest absolute Gasteiger partial charge is 0.194 e. The Morgan fingerprint density at radius 3 is 2.57 bits per heavy atom. The van der Waals surface area contributed by atoms with Crippen LogP contribution in [-0.2, 0) is 4.74 Å². The fourth-order valence-corrected chi connectivity index (χ4v) is 1.47. The molecule has 0 aromatic heterocycles. The average molecular weight is 192 g/mol. The molecule has 0 unspecified atom stereocenters. The Morgan fingerprint density at radius 1 is 1.43 bits per heavy atom. The molecule has 0 bridgehead atoms. The maximum absolute atomic E-state index is 11.7. The van der Waals surface area contributed by atoms with Crippen LogP contribution in [-0.4, -0.2) is 29.2 Å². The van der Waals surface area contributed by atoms with Gasteiger partial charge in [0.25, 0.3) is 0 Å². The summed E-state index contributed by atoms with van der Waals surface area (Å²) < 4.78 is 5.10. The first kappa shape index (κ1) is 9.37. The number of carbonyl (C=O) groups excluding carboxylic acids is 1. The van der Waals surface area contributed by atoms with Crippen LogP contribution in [0.1, 0.15) is 17.3 Å². The van der Waals surface area contributed by atoms with Crippen LogP contribution < -0.4 is 0 Å². The second-order valence-corrected chi connectivity index (χ2v) is 3.49. The number of rotatable bonds is 3. The van der Waals surface area contributed by atoms with Gasteiger partial charge in [0.05, 0.1) is 6.10 Å². The third-order valence-corrected chi connectivity index (χ3v) is 2.32. The van der Waals surface area contributed by atoms with Crippen molar-refractivity contribution in [2.45, 2.75) is 25.2 Å². The van der Waals surface area contributed by atoms with E-state index in [0.29, 0.717) is 5.56 Å². The fraction of sp³-hybridized carbons (Fsp3) is 0.364. The molecule has 1 heterocycles. The standard InChI is InChI=1S/C11H12O3/c1-7(12)10-11(14-10)9(13)8-5-3-2-4-6-8/h2-7,10-12H,1H3/t7-,10+,11+/m1/s1. The lowest BCUT2D eigenvalue weighted by Gasteiger charge is -1.97. The molecule has 0 aliphatic carbocycles. The maximum atomic E-state index is 11.7. The average Bonchev–Trinajstić information content (AvgIpc) is 2.97. The Hall–Kier alpha value is -1.19. The zero-order valence-electron chi connectivity index (χ0n) is 7.88. The Morgan fingerprint density at radius 2 is 2.07 bits per heavy atom. The molecule has 1 fully saturated rings. The highest BCUT2D eigenvalue weighted by molar-refractivity contribution is 6.01. The van der Waals surface area contributed by atoms with Crippen LogP contribution in [0.15, 0.2) is 30.3 Å². The van der Waals surface area contributed by atoms with E-state index in [4.69, 9.17) is 4.74 Å². The van der Waals surface area contributed by atoms with Gasteiger partial charge in [0, 0.05) is 5.56 Å². The van der Waals surface area contributed by atoms with Crippen LogP contribution in [0.25, 0.3) is 0 Å². The van der Waals surface area contributed by atoms with Crippen LogP contribution in [0.2, 0.25) is 0 Å². The second-order valence-electron chi connectivity index (χ2n) is 3.49. The summed E-state index contributed by atoms with van der Waals surface area (Å²) in [6.07, 6.45) is -1.34. The molecule has 0 amide bonds. The molecule has 1 aliphatic rings. The van der Waals surface area contributed by atoms with Gasteiger partial charge >= 0.3 is 0 Å². The molecule has 1 N–H and O–H groups in total. The summed E-state index contributed by atoms with van der Waals surface area (Å²) in [4.78, 5) is 11.7. The van der Waals surface area contributed by atoms with Gasteiger partial charge in [-0.05, 0) is 6.92 Å². The molecule has 3 heteroatoms. The van der Waals surface area contributed by atoms with E-state index in [9.17, 15) is 9.90 Å². The summed E-state index contributed by atoms with van der Waals surface area (Å²) in [5, 5.41) is 9.18. The first-order chi connectivity index (χ1) is 6.70. The Kier molecular flexibility index (Phi) is 2.35. The predicted molar refractivity (Wildman–Crippen MR) is 51.1 cm³/mol. The van der Waals surface area contributed by atoms with Gasteiger partial charge in [-0.15, -0.1) is 0 Å². The van der Waals surface area contributed by atoms with Crippen molar-refractivity contribution in [1.82, 2.24) is 0 Å². The van der Waals surface area contributed by atoms with Gasteiger partial charge in [-0.3, -0.25) is 4.79 Å². The van der Waals surface area contributed by atoms with Gasteiger partial charge in [-0.1, -0.05) is 30.3 Å². The summed E-state index contributed by atoms with van der Waals surface area (Å²) in [7, 11) is 0. The second kappa shape index (κ2) is 3.52. The monoisotopic (exact) mass is 192 g/mol. The molecule has 1 aliphatic heterocycles. The van der Waals surface area contributed by atoms with Crippen molar-refractivity contribution >= 4 is 5.78 Å². The van der Waals surface area contributed by atoms with E-state index >= 15 is 0 Å². The topological polar surface area (TPSA) is 49.8 Å². The first-order valence-corrected chi connectivity index (χ1v) is 4.63. The minimum absolute atomic E-state index is 0.0449. The SMILES string of the molecule is C[C@@H](O)[C@@H]1O[C@H]1C(=O)c1ccccc1. The molecule has 3 nitrogen and oxygen atoms in total. The van der Waals surface area contributed by atoms with Gasteiger partial charge in [0.2, 0.25) is 0 Å². The molecular formula is C11H12O3. The molecule has 0 radical (unpaired) electrons. The molecule has 0 saturated carbocycles. The highest BCUT2D eigenvalue weighted by Gasteiger charge is 2.47. The third-order valence-electron chi connectivity index (χ3n) is 2.32. The normalized spacial score (nSPS) is 27.0. The minimum Gasteiger partial charge on any atom is -0.391 e. The summed E-state index contributed by atoms with van der Waals surface area (Å²) in [5.74, 6) is -0.0449. The van der Waals surface area contributed by atoms with Crippen molar-refractivity contribution in [3.8, 4) is 0 Å². The lowest BCUT2D eigenvalue weighted by molar-refractivity contribution is 0.0953. The van der Waals surface area contributed by atoms with Crippen LogP contribution in [0, 0.1) is 0 Å². The van der Waals surface area contributed by atoms with E-state index in [0.717, 1.165) is 0 Å².